The highest BCUT2D eigenvalue weighted by Crippen LogP contribution is 2.18. The number of nitrogens with zero attached hydrogens (tertiary/aromatic N) is 2. The van der Waals surface area contributed by atoms with Crippen molar-refractivity contribution in [1.82, 2.24) is 14.9 Å². The number of imidazole rings is 1. The maximum atomic E-state index is 5.83. The first-order valence-corrected chi connectivity index (χ1v) is 9.04. The van der Waals surface area contributed by atoms with Crippen molar-refractivity contribution in [3.63, 3.8) is 0 Å². The molecule has 5 heteroatoms. The number of rotatable bonds is 7. The van der Waals surface area contributed by atoms with Crippen molar-refractivity contribution in [3.8, 4) is 5.75 Å². The molecule has 2 heterocycles. The summed E-state index contributed by atoms with van der Waals surface area (Å²) < 4.78 is 7.85. The Labute approximate surface area is 136 Å². The predicted octanol–water partition coefficient (Wildman–Crippen LogP) is 2.95. The molecule has 0 radical (unpaired) electrons. The lowest BCUT2D eigenvalue weighted by Gasteiger charge is -2.22. The van der Waals surface area contributed by atoms with Gasteiger partial charge in [0.1, 0.15) is 12.4 Å². The van der Waals surface area contributed by atoms with Crippen LogP contribution < -0.4 is 10.1 Å². The molecule has 2 aromatic rings. The summed E-state index contributed by atoms with van der Waals surface area (Å²) in [5.74, 6) is 3.50. The second-order valence-corrected chi connectivity index (χ2v) is 6.74. The molecular weight excluding hydrogens is 294 g/mol. The van der Waals surface area contributed by atoms with Crippen LogP contribution in [0.15, 0.2) is 43.0 Å². The van der Waals surface area contributed by atoms with Crippen LogP contribution in [-0.2, 0) is 13.1 Å². The second kappa shape index (κ2) is 8.25. The molecule has 4 nitrogen and oxygen atoms in total. The number of ether oxygens (including phenoxy) is 1. The summed E-state index contributed by atoms with van der Waals surface area (Å²) >= 11 is 2.06. The van der Waals surface area contributed by atoms with E-state index in [1.807, 2.05) is 23.2 Å². The fourth-order valence-corrected chi connectivity index (χ4v) is 3.70. The van der Waals surface area contributed by atoms with Crippen LogP contribution in [0.4, 0.5) is 0 Å². The molecule has 1 aromatic heterocycles. The number of hydrogen-bond acceptors (Lipinski definition) is 4. The first-order chi connectivity index (χ1) is 10.9. The molecule has 0 spiro atoms. The molecule has 1 N–H and O–H groups in total. The highest BCUT2D eigenvalue weighted by molar-refractivity contribution is 7.99. The maximum Gasteiger partial charge on any atom is 0.119 e. The maximum absolute atomic E-state index is 5.83. The second-order valence-electron chi connectivity index (χ2n) is 5.59. The minimum Gasteiger partial charge on any atom is -0.492 e. The van der Waals surface area contributed by atoms with Crippen molar-refractivity contribution in [1.29, 1.82) is 0 Å². The molecule has 22 heavy (non-hydrogen) atoms. The SMILES string of the molecule is c1cc(CN[C@@H]2CCCSC2)cc(OCCn2ccnc2)c1. The van der Waals surface area contributed by atoms with Gasteiger partial charge in [0.25, 0.3) is 0 Å². The fraction of sp³-hybridized carbons (Fsp3) is 0.471. The number of hydrogen-bond donors (Lipinski definition) is 1. The summed E-state index contributed by atoms with van der Waals surface area (Å²) in [6.45, 7) is 2.40. The number of thioether (sulfide) groups is 1. The molecule has 0 aliphatic carbocycles. The average molecular weight is 317 g/mol. The third-order valence-corrected chi connectivity index (χ3v) is 5.05. The monoisotopic (exact) mass is 317 g/mol. The Balaban J connectivity index is 1.44. The van der Waals surface area contributed by atoms with Crippen molar-refractivity contribution < 1.29 is 4.74 Å². The number of aromatic nitrogens is 2. The van der Waals surface area contributed by atoms with E-state index in [2.05, 4.69) is 40.3 Å². The smallest absolute Gasteiger partial charge is 0.119 e. The van der Waals surface area contributed by atoms with Crippen LogP contribution in [0.5, 0.6) is 5.75 Å². The van der Waals surface area contributed by atoms with Gasteiger partial charge >= 0.3 is 0 Å². The van der Waals surface area contributed by atoms with Gasteiger partial charge in [0.05, 0.1) is 12.9 Å². The van der Waals surface area contributed by atoms with Gasteiger partial charge in [-0.1, -0.05) is 12.1 Å². The topological polar surface area (TPSA) is 39.1 Å². The quantitative estimate of drug-likeness (QED) is 0.852. The Bertz CT molecular complexity index is 553. The van der Waals surface area contributed by atoms with Gasteiger partial charge in [-0.25, -0.2) is 4.98 Å². The van der Waals surface area contributed by atoms with Gasteiger partial charge in [0.2, 0.25) is 0 Å². The van der Waals surface area contributed by atoms with Crippen LogP contribution in [0.3, 0.4) is 0 Å². The van der Waals surface area contributed by atoms with Crippen molar-refractivity contribution in [3.05, 3.63) is 48.5 Å². The molecule has 0 unspecified atom stereocenters. The lowest BCUT2D eigenvalue weighted by atomic mass is 10.1. The molecule has 0 bridgehead atoms. The van der Waals surface area contributed by atoms with E-state index in [9.17, 15) is 0 Å². The molecule has 1 aliphatic rings. The average Bonchev–Trinajstić information content (AvgIpc) is 3.08. The minimum absolute atomic E-state index is 0.657. The van der Waals surface area contributed by atoms with Gasteiger partial charge in [0.15, 0.2) is 0 Å². The first kappa shape index (κ1) is 15.4. The molecule has 0 amide bonds. The Morgan fingerprint density at radius 3 is 3.23 bits per heavy atom. The molecule has 1 saturated heterocycles. The Morgan fingerprint density at radius 1 is 1.41 bits per heavy atom. The summed E-state index contributed by atoms with van der Waals surface area (Å²) in [4.78, 5) is 4.03. The van der Waals surface area contributed by atoms with E-state index in [0.717, 1.165) is 18.8 Å². The largest absolute Gasteiger partial charge is 0.492 e. The number of benzene rings is 1. The summed E-state index contributed by atoms with van der Waals surface area (Å²) in [7, 11) is 0. The Kier molecular flexibility index (Phi) is 5.79. The van der Waals surface area contributed by atoms with Crippen LogP contribution in [0.2, 0.25) is 0 Å². The van der Waals surface area contributed by atoms with E-state index >= 15 is 0 Å². The van der Waals surface area contributed by atoms with E-state index in [-0.39, 0.29) is 0 Å². The van der Waals surface area contributed by atoms with E-state index in [1.165, 1.54) is 29.9 Å². The fourth-order valence-electron chi connectivity index (χ4n) is 2.60. The van der Waals surface area contributed by atoms with E-state index in [1.54, 1.807) is 6.20 Å². The van der Waals surface area contributed by atoms with Gasteiger partial charge in [-0.2, -0.15) is 11.8 Å². The summed E-state index contributed by atoms with van der Waals surface area (Å²) in [5.41, 5.74) is 1.29. The highest BCUT2D eigenvalue weighted by atomic mass is 32.2. The normalized spacial score (nSPS) is 18.3. The summed E-state index contributed by atoms with van der Waals surface area (Å²) in [6, 6.07) is 9.04. The molecule has 1 aromatic carbocycles. The van der Waals surface area contributed by atoms with Crippen LogP contribution in [0.1, 0.15) is 18.4 Å². The van der Waals surface area contributed by atoms with Crippen LogP contribution in [0.25, 0.3) is 0 Å². The van der Waals surface area contributed by atoms with Crippen LogP contribution in [-0.4, -0.2) is 33.7 Å². The molecule has 3 rings (SSSR count). The van der Waals surface area contributed by atoms with Crippen LogP contribution in [0, 0.1) is 0 Å². The molecular formula is C17H23N3OS. The summed E-state index contributed by atoms with van der Waals surface area (Å²) in [6.07, 6.45) is 8.18. The zero-order valence-electron chi connectivity index (χ0n) is 12.8. The third-order valence-electron chi connectivity index (χ3n) is 3.83. The van der Waals surface area contributed by atoms with Gasteiger partial charge in [0, 0.05) is 30.7 Å². The third kappa shape index (κ3) is 4.78. The summed E-state index contributed by atoms with van der Waals surface area (Å²) in [5, 5.41) is 3.65. The zero-order chi connectivity index (χ0) is 15.0. The molecule has 0 saturated carbocycles. The van der Waals surface area contributed by atoms with Gasteiger partial charge < -0.3 is 14.6 Å². The van der Waals surface area contributed by atoms with Crippen molar-refractivity contribution in [2.24, 2.45) is 0 Å². The lowest BCUT2D eigenvalue weighted by molar-refractivity contribution is 0.298. The van der Waals surface area contributed by atoms with Gasteiger partial charge in [-0.3, -0.25) is 0 Å². The standard InChI is InChI=1S/C17H23N3OS/c1-3-15(12-19-16-4-2-10-22-13-16)11-17(5-1)21-9-8-20-7-6-18-14-20/h1,3,5-7,11,14,16,19H,2,4,8-10,12-13H2/t16-/m1/s1. The van der Waals surface area contributed by atoms with Crippen LogP contribution >= 0.6 is 11.8 Å². The Morgan fingerprint density at radius 2 is 2.41 bits per heavy atom. The number of nitrogens with one attached hydrogen (secondary N) is 1. The minimum atomic E-state index is 0.657. The van der Waals surface area contributed by atoms with Gasteiger partial charge in [-0.05, 0) is 36.3 Å². The van der Waals surface area contributed by atoms with Crippen molar-refractivity contribution in [2.45, 2.75) is 32.0 Å². The van der Waals surface area contributed by atoms with Crippen molar-refractivity contribution in [2.75, 3.05) is 18.1 Å². The predicted molar refractivity (Wildman–Crippen MR) is 91.4 cm³/mol. The molecule has 1 atom stereocenters. The molecule has 1 aliphatic heterocycles. The van der Waals surface area contributed by atoms with E-state index < -0.39 is 0 Å². The zero-order valence-corrected chi connectivity index (χ0v) is 13.6. The van der Waals surface area contributed by atoms with Crippen molar-refractivity contribution >= 4 is 11.8 Å². The van der Waals surface area contributed by atoms with E-state index in [4.69, 9.17) is 4.74 Å². The van der Waals surface area contributed by atoms with Gasteiger partial charge in [-0.15, -0.1) is 0 Å². The molecule has 118 valence electrons. The highest BCUT2D eigenvalue weighted by Gasteiger charge is 2.12. The molecule has 1 fully saturated rings. The first-order valence-electron chi connectivity index (χ1n) is 7.89. The lowest BCUT2D eigenvalue weighted by Crippen LogP contribution is -2.33. The Hall–Kier alpha value is -1.46. The van der Waals surface area contributed by atoms with E-state index in [0.29, 0.717) is 12.6 Å².